The van der Waals surface area contributed by atoms with Crippen molar-refractivity contribution in [2.75, 3.05) is 0 Å². The molecule has 1 aromatic heterocycles. The third-order valence-electron chi connectivity index (χ3n) is 2.19. The maximum absolute atomic E-state index is 12.3. The van der Waals surface area contributed by atoms with Crippen molar-refractivity contribution in [3.63, 3.8) is 0 Å². The molecule has 1 aromatic rings. The summed E-state index contributed by atoms with van der Waals surface area (Å²) in [6, 6.07) is 0. The molecule has 0 spiro atoms. The lowest BCUT2D eigenvalue weighted by Crippen LogP contribution is -2.34. The minimum absolute atomic E-state index is 0.177. The smallest absolute Gasteiger partial charge is 0.337 e. The van der Waals surface area contributed by atoms with E-state index < -0.39 is 17.4 Å². The summed E-state index contributed by atoms with van der Waals surface area (Å²) < 4.78 is 36.8. The van der Waals surface area contributed by atoms with Crippen LogP contribution in [0.5, 0.6) is 0 Å². The molecule has 0 saturated carbocycles. The van der Waals surface area contributed by atoms with Gasteiger partial charge >= 0.3 is 6.18 Å². The number of alkyl halides is 3. The Bertz CT molecular complexity index is 328. The van der Waals surface area contributed by atoms with Crippen LogP contribution in [0, 0.1) is 0 Å². The number of nitrogens with one attached hydrogen (secondary N) is 1. The van der Waals surface area contributed by atoms with E-state index in [4.69, 9.17) is 5.73 Å². The number of nitrogens with two attached hydrogens (primary N) is 1. The first-order valence-electron chi connectivity index (χ1n) is 4.69. The van der Waals surface area contributed by atoms with Crippen molar-refractivity contribution in [2.24, 2.45) is 5.73 Å². The van der Waals surface area contributed by atoms with E-state index in [2.05, 4.69) is 9.97 Å². The normalized spacial score (nSPS) is 16.4. The molecule has 86 valence electrons. The highest BCUT2D eigenvalue weighted by Gasteiger charge is 2.35. The lowest BCUT2D eigenvalue weighted by molar-refractivity contribution is -0.141. The average Bonchev–Trinajstić information content (AvgIpc) is 2.50. The molecule has 3 N–H and O–H groups in total. The third-order valence-corrected chi connectivity index (χ3v) is 2.19. The topological polar surface area (TPSA) is 54.7 Å². The summed E-state index contributed by atoms with van der Waals surface area (Å²) in [7, 11) is 0. The molecular formula is C9H14F3N3. The summed E-state index contributed by atoms with van der Waals surface area (Å²) in [4.78, 5) is 5.89. The van der Waals surface area contributed by atoms with Gasteiger partial charge in [0.15, 0.2) is 0 Å². The van der Waals surface area contributed by atoms with Crippen molar-refractivity contribution in [3.8, 4) is 0 Å². The Morgan fingerprint density at radius 3 is 2.47 bits per heavy atom. The van der Waals surface area contributed by atoms with E-state index in [1.54, 1.807) is 6.92 Å². The van der Waals surface area contributed by atoms with Crippen LogP contribution in [0.2, 0.25) is 0 Å². The van der Waals surface area contributed by atoms with Crippen LogP contribution in [0.4, 0.5) is 13.2 Å². The van der Waals surface area contributed by atoms with E-state index >= 15 is 0 Å². The van der Waals surface area contributed by atoms with Gasteiger partial charge in [0.2, 0.25) is 0 Å². The molecule has 0 saturated heterocycles. The highest BCUT2D eigenvalue weighted by Crippen LogP contribution is 2.29. The summed E-state index contributed by atoms with van der Waals surface area (Å²) in [5, 5.41) is 0. The first-order chi connectivity index (χ1) is 6.77. The Balaban J connectivity index is 2.94. The third kappa shape index (κ3) is 2.71. The summed E-state index contributed by atoms with van der Waals surface area (Å²) in [6.07, 6.45) is -2.25. The van der Waals surface area contributed by atoms with Crippen molar-refractivity contribution in [2.45, 2.75) is 38.4 Å². The molecule has 0 aliphatic carbocycles. The van der Waals surface area contributed by atoms with Crippen LogP contribution in [0.3, 0.4) is 0 Å². The molecule has 0 aliphatic heterocycles. The van der Waals surface area contributed by atoms with Gasteiger partial charge < -0.3 is 10.7 Å². The molecule has 0 radical (unpaired) electrons. The summed E-state index contributed by atoms with van der Waals surface area (Å²) in [5.74, 6) is 0.177. The Kier molecular flexibility index (Phi) is 3.08. The standard InChI is InChI=1S/C9H14F3N3/c1-3-4-8(2,13)7-14-5-6(15-7)9(10,11)12/h5H,3-4,13H2,1-2H3,(H,14,15). The first kappa shape index (κ1) is 12.0. The zero-order chi connectivity index (χ0) is 11.7. The average molecular weight is 221 g/mol. The number of aromatic nitrogens is 2. The molecule has 0 amide bonds. The number of hydrogen-bond acceptors (Lipinski definition) is 2. The summed E-state index contributed by atoms with van der Waals surface area (Å²) >= 11 is 0. The van der Waals surface area contributed by atoms with E-state index in [9.17, 15) is 13.2 Å². The van der Waals surface area contributed by atoms with Gasteiger partial charge in [0.05, 0.1) is 11.7 Å². The van der Waals surface area contributed by atoms with Gasteiger partial charge in [0.1, 0.15) is 11.5 Å². The summed E-state index contributed by atoms with van der Waals surface area (Å²) in [5.41, 5.74) is 4.15. The number of nitrogens with zero attached hydrogens (tertiary/aromatic N) is 1. The van der Waals surface area contributed by atoms with E-state index in [0.717, 1.165) is 12.6 Å². The predicted molar refractivity (Wildman–Crippen MR) is 50.0 cm³/mol. The van der Waals surface area contributed by atoms with Gasteiger partial charge in [0.25, 0.3) is 0 Å². The minimum atomic E-state index is -4.40. The molecule has 1 heterocycles. The maximum Gasteiger partial charge on any atom is 0.432 e. The minimum Gasteiger partial charge on any atom is -0.337 e. The molecule has 1 atom stereocenters. The number of rotatable bonds is 3. The quantitative estimate of drug-likeness (QED) is 0.823. The van der Waals surface area contributed by atoms with Crippen molar-refractivity contribution in [1.82, 2.24) is 9.97 Å². The Hall–Kier alpha value is -1.04. The fraction of sp³-hybridized carbons (Fsp3) is 0.667. The van der Waals surface area contributed by atoms with Gasteiger partial charge in [-0.3, -0.25) is 0 Å². The SMILES string of the molecule is CCCC(C)(N)c1ncc(C(F)(F)F)[nH]1. The Morgan fingerprint density at radius 2 is 2.07 bits per heavy atom. The maximum atomic E-state index is 12.3. The van der Waals surface area contributed by atoms with Crippen LogP contribution < -0.4 is 5.73 Å². The summed E-state index contributed by atoms with van der Waals surface area (Å²) in [6.45, 7) is 3.58. The number of aromatic amines is 1. The molecule has 0 fully saturated rings. The second-order valence-electron chi connectivity index (χ2n) is 3.81. The lowest BCUT2D eigenvalue weighted by atomic mass is 9.97. The monoisotopic (exact) mass is 221 g/mol. The van der Waals surface area contributed by atoms with Crippen LogP contribution >= 0.6 is 0 Å². The first-order valence-corrected chi connectivity index (χ1v) is 4.69. The Morgan fingerprint density at radius 1 is 1.47 bits per heavy atom. The van der Waals surface area contributed by atoms with Gasteiger partial charge in [-0.15, -0.1) is 0 Å². The van der Waals surface area contributed by atoms with Gasteiger partial charge in [0, 0.05) is 0 Å². The fourth-order valence-corrected chi connectivity index (χ4v) is 1.39. The Labute approximate surface area is 85.9 Å². The van der Waals surface area contributed by atoms with E-state index in [1.165, 1.54) is 0 Å². The number of halogens is 3. The molecule has 0 aromatic carbocycles. The molecule has 6 heteroatoms. The van der Waals surface area contributed by atoms with Crippen LogP contribution in [0.15, 0.2) is 6.20 Å². The number of imidazole rings is 1. The van der Waals surface area contributed by atoms with Crippen LogP contribution in [0.25, 0.3) is 0 Å². The van der Waals surface area contributed by atoms with Gasteiger partial charge in [-0.2, -0.15) is 13.2 Å². The van der Waals surface area contributed by atoms with E-state index in [1.807, 2.05) is 6.92 Å². The zero-order valence-electron chi connectivity index (χ0n) is 8.65. The molecule has 0 aliphatic rings. The largest absolute Gasteiger partial charge is 0.432 e. The molecule has 1 rings (SSSR count). The van der Waals surface area contributed by atoms with E-state index in [0.29, 0.717) is 6.42 Å². The number of H-pyrrole nitrogens is 1. The van der Waals surface area contributed by atoms with Crippen molar-refractivity contribution >= 4 is 0 Å². The fourth-order valence-electron chi connectivity index (χ4n) is 1.39. The van der Waals surface area contributed by atoms with Crippen molar-refractivity contribution < 1.29 is 13.2 Å². The second kappa shape index (κ2) is 3.84. The second-order valence-corrected chi connectivity index (χ2v) is 3.81. The highest BCUT2D eigenvalue weighted by atomic mass is 19.4. The lowest BCUT2D eigenvalue weighted by Gasteiger charge is -2.21. The van der Waals surface area contributed by atoms with Crippen molar-refractivity contribution in [3.05, 3.63) is 17.7 Å². The van der Waals surface area contributed by atoms with Crippen LogP contribution in [0.1, 0.15) is 38.2 Å². The van der Waals surface area contributed by atoms with Crippen LogP contribution in [-0.4, -0.2) is 9.97 Å². The molecule has 0 bridgehead atoms. The predicted octanol–water partition coefficient (Wildman–Crippen LogP) is 2.40. The zero-order valence-corrected chi connectivity index (χ0v) is 8.65. The molecule has 15 heavy (non-hydrogen) atoms. The van der Waals surface area contributed by atoms with Crippen LogP contribution in [-0.2, 0) is 11.7 Å². The highest BCUT2D eigenvalue weighted by molar-refractivity contribution is 5.11. The van der Waals surface area contributed by atoms with E-state index in [-0.39, 0.29) is 5.82 Å². The number of hydrogen-bond donors (Lipinski definition) is 2. The van der Waals surface area contributed by atoms with Crippen molar-refractivity contribution in [1.29, 1.82) is 0 Å². The van der Waals surface area contributed by atoms with Gasteiger partial charge in [-0.05, 0) is 13.3 Å². The molecule has 3 nitrogen and oxygen atoms in total. The van der Waals surface area contributed by atoms with Gasteiger partial charge in [-0.25, -0.2) is 4.98 Å². The molecule has 1 unspecified atom stereocenters. The van der Waals surface area contributed by atoms with Gasteiger partial charge in [-0.1, -0.05) is 13.3 Å². The molecular weight excluding hydrogens is 207 g/mol.